The topological polar surface area (TPSA) is 38.3 Å². The van der Waals surface area contributed by atoms with Gasteiger partial charge in [-0.2, -0.15) is 0 Å². The quantitative estimate of drug-likeness (QED) is 0.715. The van der Waals surface area contributed by atoms with Crippen LogP contribution < -0.4 is 5.32 Å². The second-order valence-electron chi connectivity index (χ2n) is 6.48. The Morgan fingerprint density at radius 1 is 1.12 bits per heavy atom. The number of esters is 1. The molecule has 1 aliphatic carbocycles. The van der Waals surface area contributed by atoms with Crippen molar-refractivity contribution in [2.75, 3.05) is 0 Å². The number of rotatable bonds is 1. The molecule has 1 heterocycles. The van der Waals surface area contributed by atoms with Crippen LogP contribution in [0, 0.1) is 5.92 Å². The Morgan fingerprint density at radius 2 is 1.76 bits per heavy atom. The summed E-state index contributed by atoms with van der Waals surface area (Å²) in [5, 5.41) is 3.53. The van der Waals surface area contributed by atoms with Crippen LogP contribution in [0.2, 0.25) is 0 Å². The third-order valence-electron chi connectivity index (χ3n) is 3.83. The van der Waals surface area contributed by atoms with Gasteiger partial charge in [-0.05, 0) is 52.4 Å². The van der Waals surface area contributed by atoms with Crippen molar-refractivity contribution >= 4 is 5.97 Å². The summed E-state index contributed by atoms with van der Waals surface area (Å²) in [5.74, 6) is 0.729. The molecule has 0 amide bonds. The second kappa shape index (κ2) is 4.97. The average molecular weight is 239 g/mol. The van der Waals surface area contributed by atoms with Crippen molar-refractivity contribution in [3.05, 3.63) is 0 Å². The molecule has 0 spiro atoms. The van der Waals surface area contributed by atoms with Crippen LogP contribution in [-0.2, 0) is 9.53 Å². The largest absolute Gasteiger partial charge is 0.459 e. The fourth-order valence-corrected chi connectivity index (χ4v) is 3.09. The fraction of sp³-hybridized carbons (Fsp3) is 0.929. The molecule has 0 unspecified atom stereocenters. The second-order valence-corrected chi connectivity index (χ2v) is 6.48. The van der Waals surface area contributed by atoms with E-state index in [0.29, 0.717) is 6.04 Å². The van der Waals surface area contributed by atoms with Gasteiger partial charge in [-0.3, -0.25) is 4.79 Å². The first kappa shape index (κ1) is 12.9. The molecule has 17 heavy (non-hydrogen) atoms. The molecule has 1 saturated heterocycles. The molecule has 0 aromatic heterocycles. The first-order valence-corrected chi connectivity index (χ1v) is 6.94. The van der Waals surface area contributed by atoms with Gasteiger partial charge in [0, 0.05) is 6.04 Å². The third-order valence-corrected chi connectivity index (χ3v) is 3.83. The lowest BCUT2D eigenvalue weighted by Crippen LogP contribution is -2.45. The first-order chi connectivity index (χ1) is 7.96. The molecule has 3 atom stereocenters. The molecule has 98 valence electrons. The molecule has 2 fully saturated rings. The van der Waals surface area contributed by atoms with Crippen LogP contribution in [-0.4, -0.2) is 23.7 Å². The highest BCUT2D eigenvalue weighted by atomic mass is 16.6. The van der Waals surface area contributed by atoms with Crippen molar-refractivity contribution in [2.45, 2.75) is 77.0 Å². The van der Waals surface area contributed by atoms with Gasteiger partial charge in [-0.1, -0.05) is 12.8 Å². The normalized spacial score (nSPS) is 33.9. The van der Waals surface area contributed by atoms with E-state index in [-0.39, 0.29) is 17.6 Å². The summed E-state index contributed by atoms with van der Waals surface area (Å²) in [7, 11) is 0. The fourth-order valence-electron chi connectivity index (χ4n) is 3.09. The van der Waals surface area contributed by atoms with Gasteiger partial charge in [0.25, 0.3) is 0 Å². The highest BCUT2D eigenvalue weighted by Gasteiger charge is 2.35. The summed E-state index contributed by atoms with van der Waals surface area (Å²) in [6, 6.07) is 0.470. The zero-order chi connectivity index (χ0) is 12.5. The maximum absolute atomic E-state index is 12.1. The number of hydrogen-bond donors (Lipinski definition) is 1. The van der Waals surface area contributed by atoms with Crippen LogP contribution >= 0.6 is 0 Å². The average Bonchev–Trinajstić information content (AvgIpc) is 2.53. The van der Waals surface area contributed by atoms with E-state index < -0.39 is 0 Å². The zero-order valence-corrected chi connectivity index (χ0v) is 11.3. The lowest BCUT2D eigenvalue weighted by atomic mass is 9.99. The molecule has 0 aromatic carbocycles. The molecule has 1 aliphatic heterocycles. The standard InChI is InChI=1S/C14H25NO2/c1-14(2,3)17-13(16)12-9-5-7-10-6-4-8-11(10)15-12/h10-12,15H,4-9H2,1-3H3/t10-,11-,12-/m1/s1. The van der Waals surface area contributed by atoms with E-state index in [9.17, 15) is 4.79 Å². The van der Waals surface area contributed by atoms with Crippen molar-refractivity contribution in [3.63, 3.8) is 0 Å². The Morgan fingerprint density at radius 3 is 2.41 bits per heavy atom. The molecule has 3 nitrogen and oxygen atoms in total. The van der Waals surface area contributed by atoms with E-state index in [2.05, 4.69) is 5.32 Å². The summed E-state index contributed by atoms with van der Waals surface area (Å²) in [6.45, 7) is 5.79. The SMILES string of the molecule is CC(C)(C)OC(=O)[C@H]1CCC[C@H]2CCC[C@H]2N1. The van der Waals surface area contributed by atoms with Crippen molar-refractivity contribution < 1.29 is 9.53 Å². The number of fused-ring (bicyclic) bond motifs is 1. The molecule has 0 aromatic rings. The predicted octanol–water partition coefficient (Wildman–Crippen LogP) is 2.64. The monoisotopic (exact) mass is 239 g/mol. The third kappa shape index (κ3) is 3.44. The van der Waals surface area contributed by atoms with Gasteiger partial charge < -0.3 is 10.1 Å². The minimum absolute atomic E-state index is 0.0648. The number of carbonyl (C=O) groups excluding carboxylic acids is 1. The predicted molar refractivity (Wildman–Crippen MR) is 67.7 cm³/mol. The molecule has 2 rings (SSSR count). The summed E-state index contributed by atoms with van der Waals surface area (Å²) in [5.41, 5.74) is -0.375. The Balaban J connectivity index is 1.94. The number of hydrogen-bond acceptors (Lipinski definition) is 3. The van der Waals surface area contributed by atoms with E-state index in [1.165, 1.54) is 25.7 Å². The van der Waals surface area contributed by atoms with Gasteiger partial charge in [0.1, 0.15) is 11.6 Å². The summed E-state index contributed by atoms with van der Waals surface area (Å²) >= 11 is 0. The molecule has 0 bridgehead atoms. The molecule has 1 saturated carbocycles. The van der Waals surface area contributed by atoms with Gasteiger partial charge in [-0.15, -0.1) is 0 Å². The van der Waals surface area contributed by atoms with E-state index in [0.717, 1.165) is 18.8 Å². The molecule has 3 heteroatoms. The molecular formula is C14H25NO2. The zero-order valence-electron chi connectivity index (χ0n) is 11.3. The Labute approximate surface area is 104 Å². The maximum Gasteiger partial charge on any atom is 0.323 e. The van der Waals surface area contributed by atoms with Gasteiger partial charge in [0.15, 0.2) is 0 Å². The van der Waals surface area contributed by atoms with E-state index >= 15 is 0 Å². The van der Waals surface area contributed by atoms with Gasteiger partial charge in [-0.25, -0.2) is 0 Å². The van der Waals surface area contributed by atoms with Crippen LogP contribution in [0.5, 0.6) is 0 Å². The molecule has 0 radical (unpaired) electrons. The van der Waals surface area contributed by atoms with Gasteiger partial charge in [0.2, 0.25) is 0 Å². The Kier molecular flexibility index (Phi) is 3.76. The highest BCUT2D eigenvalue weighted by molar-refractivity contribution is 5.76. The number of ether oxygens (including phenoxy) is 1. The molecular weight excluding hydrogens is 214 g/mol. The van der Waals surface area contributed by atoms with Gasteiger partial charge >= 0.3 is 5.97 Å². The number of carbonyl (C=O) groups is 1. The van der Waals surface area contributed by atoms with Crippen LogP contribution in [0.25, 0.3) is 0 Å². The van der Waals surface area contributed by atoms with E-state index in [1.54, 1.807) is 0 Å². The lowest BCUT2D eigenvalue weighted by molar-refractivity contribution is -0.157. The highest BCUT2D eigenvalue weighted by Crippen LogP contribution is 2.33. The first-order valence-electron chi connectivity index (χ1n) is 6.94. The van der Waals surface area contributed by atoms with E-state index in [1.807, 2.05) is 20.8 Å². The van der Waals surface area contributed by atoms with Crippen LogP contribution in [0.3, 0.4) is 0 Å². The van der Waals surface area contributed by atoms with Crippen molar-refractivity contribution in [1.82, 2.24) is 5.32 Å². The Bertz CT molecular complexity index is 282. The minimum Gasteiger partial charge on any atom is -0.459 e. The maximum atomic E-state index is 12.1. The van der Waals surface area contributed by atoms with Crippen LogP contribution in [0.1, 0.15) is 59.3 Å². The van der Waals surface area contributed by atoms with Gasteiger partial charge in [0.05, 0.1) is 0 Å². The van der Waals surface area contributed by atoms with Crippen LogP contribution in [0.15, 0.2) is 0 Å². The van der Waals surface area contributed by atoms with Crippen LogP contribution in [0.4, 0.5) is 0 Å². The number of nitrogens with one attached hydrogen (secondary N) is 1. The molecule has 2 aliphatic rings. The Hall–Kier alpha value is -0.570. The van der Waals surface area contributed by atoms with Crippen molar-refractivity contribution in [2.24, 2.45) is 5.92 Å². The van der Waals surface area contributed by atoms with Crippen molar-refractivity contribution in [3.8, 4) is 0 Å². The molecule has 1 N–H and O–H groups in total. The minimum atomic E-state index is -0.375. The lowest BCUT2D eigenvalue weighted by Gasteiger charge is -2.26. The smallest absolute Gasteiger partial charge is 0.323 e. The summed E-state index contributed by atoms with van der Waals surface area (Å²) in [4.78, 5) is 12.1. The van der Waals surface area contributed by atoms with E-state index in [4.69, 9.17) is 4.74 Å². The van der Waals surface area contributed by atoms with Crippen molar-refractivity contribution in [1.29, 1.82) is 0 Å². The summed E-state index contributed by atoms with van der Waals surface area (Å²) in [6.07, 6.45) is 7.23. The summed E-state index contributed by atoms with van der Waals surface area (Å²) < 4.78 is 5.48.